The maximum atomic E-state index is 11.6. The summed E-state index contributed by atoms with van der Waals surface area (Å²) in [5, 5.41) is 13.3. The average Bonchev–Trinajstić information content (AvgIpc) is 2.56. The summed E-state index contributed by atoms with van der Waals surface area (Å²) in [6.07, 6.45) is 0. The van der Waals surface area contributed by atoms with Crippen molar-refractivity contribution in [2.24, 2.45) is 0 Å². The third-order valence-electron chi connectivity index (χ3n) is 3.26. The number of hydrogen-bond donors (Lipinski definition) is 2. The molecule has 2 N–H and O–H groups in total. The quantitative estimate of drug-likeness (QED) is 0.764. The van der Waals surface area contributed by atoms with Gasteiger partial charge in [0.05, 0.1) is 18.8 Å². The highest BCUT2D eigenvalue weighted by atomic mass is 16.5. The molecule has 0 radical (unpaired) electrons. The van der Waals surface area contributed by atoms with E-state index >= 15 is 0 Å². The Hall–Kier alpha value is -2.69. The van der Waals surface area contributed by atoms with Gasteiger partial charge in [-0.15, -0.1) is 0 Å². The molecule has 2 rings (SSSR count). The van der Waals surface area contributed by atoms with E-state index in [2.05, 4.69) is 5.32 Å². The summed E-state index contributed by atoms with van der Waals surface area (Å²) in [7, 11) is 0. The van der Waals surface area contributed by atoms with E-state index in [4.69, 9.17) is 9.47 Å². The second-order valence-corrected chi connectivity index (χ2v) is 4.85. The summed E-state index contributed by atoms with van der Waals surface area (Å²) in [5.41, 5.74) is 2.10. The van der Waals surface area contributed by atoms with Crippen LogP contribution < -0.4 is 10.1 Å². The van der Waals surface area contributed by atoms with Crippen molar-refractivity contribution >= 4 is 11.7 Å². The van der Waals surface area contributed by atoms with Gasteiger partial charge in [0.15, 0.2) is 11.5 Å². The number of ether oxygens (including phenoxy) is 2. The number of para-hydroxylation sites is 1. The molecule has 2 aromatic carbocycles. The summed E-state index contributed by atoms with van der Waals surface area (Å²) >= 11 is 0. The molecule has 0 heterocycles. The zero-order valence-electron chi connectivity index (χ0n) is 13.3. The van der Waals surface area contributed by atoms with Gasteiger partial charge in [-0.1, -0.05) is 12.1 Å². The first-order chi connectivity index (χ1) is 11.2. The molecule has 0 fully saturated rings. The van der Waals surface area contributed by atoms with Gasteiger partial charge in [-0.2, -0.15) is 0 Å². The number of rotatable bonds is 7. The Bertz CT molecular complexity index is 653. The van der Waals surface area contributed by atoms with Crippen LogP contribution in [0.5, 0.6) is 11.5 Å². The van der Waals surface area contributed by atoms with E-state index in [9.17, 15) is 9.90 Å². The van der Waals surface area contributed by atoms with Gasteiger partial charge >= 0.3 is 5.97 Å². The molecular weight excluding hydrogens is 294 g/mol. The largest absolute Gasteiger partial charge is 0.504 e. The molecule has 0 aliphatic heterocycles. The lowest BCUT2D eigenvalue weighted by Crippen LogP contribution is -2.05. The first-order valence-corrected chi connectivity index (χ1v) is 7.60. The maximum absolute atomic E-state index is 11.6. The van der Waals surface area contributed by atoms with Crippen molar-refractivity contribution < 1.29 is 19.4 Å². The Kier molecular flexibility index (Phi) is 5.86. The number of carbonyl (C=O) groups excluding carboxylic acids is 1. The van der Waals surface area contributed by atoms with E-state index in [-0.39, 0.29) is 11.7 Å². The number of carbonyl (C=O) groups is 1. The van der Waals surface area contributed by atoms with Crippen LogP contribution in [0.2, 0.25) is 0 Å². The van der Waals surface area contributed by atoms with Gasteiger partial charge in [0.1, 0.15) is 0 Å². The monoisotopic (exact) mass is 315 g/mol. The van der Waals surface area contributed by atoms with Gasteiger partial charge in [-0.25, -0.2) is 4.79 Å². The molecular formula is C18H21NO4. The van der Waals surface area contributed by atoms with E-state index in [0.29, 0.717) is 31.1 Å². The lowest BCUT2D eigenvalue weighted by Gasteiger charge is -2.12. The van der Waals surface area contributed by atoms with Crippen molar-refractivity contribution in [3.8, 4) is 11.5 Å². The van der Waals surface area contributed by atoms with Crippen LogP contribution in [0.15, 0.2) is 42.5 Å². The fourth-order valence-electron chi connectivity index (χ4n) is 2.12. The number of hydrogen-bond acceptors (Lipinski definition) is 5. The number of phenols is 1. The van der Waals surface area contributed by atoms with Gasteiger partial charge in [-0.3, -0.25) is 0 Å². The number of esters is 1. The topological polar surface area (TPSA) is 67.8 Å². The first-order valence-electron chi connectivity index (χ1n) is 7.60. The molecule has 0 aliphatic rings. The predicted molar refractivity (Wildman–Crippen MR) is 89.0 cm³/mol. The smallest absolute Gasteiger partial charge is 0.338 e. The van der Waals surface area contributed by atoms with E-state index in [0.717, 1.165) is 11.3 Å². The highest BCUT2D eigenvalue weighted by Crippen LogP contribution is 2.30. The van der Waals surface area contributed by atoms with Crippen molar-refractivity contribution in [2.45, 2.75) is 20.4 Å². The Morgan fingerprint density at radius 3 is 2.48 bits per heavy atom. The van der Waals surface area contributed by atoms with Gasteiger partial charge in [0.25, 0.3) is 0 Å². The summed E-state index contributed by atoms with van der Waals surface area (Å²) in [6, 6.07) is 12.4. The standard InChI is InChI=1S/C18H21NO4/c1-3-22-16-7-5-6-14(17(16)20)12-19-15-10-8-13(9-11-15)18(21)23-4-2/h5-11,19-20H,3-4,12H2,1-2H3. The van der Waals surface area contributed by atoms with Crippen molar-refractivity contribution in [1.82, 2.24) is 0 Å². The lowest BCUT2D eigenvalue weighted by molar-refractivity contribution is 0.0526. The Labute approximate surface area is 135 Å². The number of benzene rings is 2. The SMILES string of the molecule is CCOC(=O)c1ccc(NCc2cccc(OCC)c2O)cc1. The van der Waals surface area contributed by atoms with Gasteiger partial charge in [0, 0.05) is 17.8 Å². The number of nitrogens with one attached hydrogen (secondary N) is 1. The van der Waals surface area contributed by atoms with Crippen LogP contribution in [0.25, 0.3) is 0 Å². The van der Waals surface area contributed by atoms with Crippen LogP contribution in [0.4, 0.5) is 5.69 Å². The molecule has 0 aromatic heterocycles. The molecule has 0 atom stereocenters. The third kappa shape index (κ3) is 4.39. The molecule has 122 valence electrons. The summed E-state index contributed by atoms with van der Waals surface area (Å²) in [5.74, 6) is 0.288. The zero-order valence-corrected chi connectivity index (χ0v) is 13.3. The summed E-state index contributed by atoms with van der Waals surface area (Å²) < 4.78 is 10.3. The first kappa shape index (κ1) is 16.7. The van der Waals surface area contributed by atoms with Crippen molar-refractivity contribution in [2.75, 3.05) is 18.5 Å². The van der Waals surface area contributed by atoms with Crippen molar-refractivity contribution in [1.29, 1.82) is 0 Å². The van der Waals surface area contributed by atoms with E-state index in [1.165, 1.54) is 0 Å². The second kappa shape index (κ2) is 8.08. The van der Waals surface area contributed by atoms with Crippen LogP contribution >= 0.6 is 0 Å². The van der Waals surface area contributed by atoms with Crippen LogP contribution in [0.1, 0.15) is 29.8 Å². The van der Waals surface area contributed by atoms with E-state index in [1.807, 2.05) is 19.1 Å². The number of anilines is 1. The second-order valence-electron chi connectivity index (χ2n) is 4.85. The zero-order chi connectivity index (χ0) is 16.7. The van der Waals surface area contributed by atoms with Crippen LogP contribution in [-0.2, 0) is 11.3 Å². The normalized spacial score (nSPS) is 10.2. The fourth-order valence-corrected chi connectivity index (χ4v) is 2.12. The highest BCUT2D eigenvalue weighted by Gasteiger charge is 2.08. The van der Waals surface area contributed by atoms with Crippen molar-refractivity contribution in [3.05, 3.63) is 53.6 Å². The molecule has 5 heteroatoms. The minimum atomic E-state index is -0.332. The molecule has 0 saturated carbocycles. The third-order valence-corrected chi connectivity index (χ3v) is 3.26. The van der Waals surface area contributed by atoms with Crippen LogP contribution in [-0.4, -0.2) is 24.3 Å². The van der Waals surface area contributed by atoms with Crippen LogP contribution in [0.3, 0.4) is 0 Å². The molecule has 0 spiro atoms. The number of phenolic OH excluding ortho intramolecular Hbond substituents is 1. The molecule has 5 nitrogen and oxygen atoms in total. The molecule has 0 aliphatic carbocycles. The Morgan fingerprint density at radius 2 is 1.83 bits per heavy atom. The molecule has 0 bridgehead atoms. The molecule has 2 aromatic rings. The maximum Gasteiger partial charge on any atom is 0.338 e. The van der Waals surface area contributed by atoms with E-state index < -0.39 is 0 Å². The molecule has 0 amide bonds. The Morgan fingerprint density at radius 1 is 1.09 bits per heavy atom. The average molecular weight is 315 g/mol. The van der Waals surface area contributed by atoms with Crippen LogP contribution in [0, 0.1) is 0 Å². The molecule has 0 unspecified atom stereocenters. The predicted octanol–water partition coefficient (Wildman–Crippen LogP) is 3.58. The minimum absolute atomic E-state index is 0.144. The van der Waals surface area contributed by atoms with Gasteiger partial charge in [-0.05, 0) is 44.2 Å². The minimum Gasteiger partial charge on any atom is -0.504 e. The highest BCUT2D eigenvalue weighted by molar-refractivity contribution is 5.89. The fraction of sp³-hybridized carbons (Fsp3) is 0.278. The van der Waals surface area contributed by atoms with Gasteiger partial charge < -0.3 is 19.9 Å². The molecule has 23 heavy (non-hydrogen) atoms. The van der Waals surface area contributed by atoms with Gasteiger partial charge in [0.2, 0.25) is 0 Å². The lowest BCUT2D eigenvalue weighted by atomic mass is 10.1. The van der Waals surface area contributed by atoms with Crippen molar-refractivity contribution in [3.63, 3.8) is 0 Å². The van der Waals surface area contributed by atoms with E-state index in [1.54, 1.807) is 37.3 Å². The number of aromatic hydroxyl groups is 1. The summed E-state index contributed by atoms with van der Waals surface area (Å²) in [4.78, 5) is 11.6. The summed E-state index contributed by atoms with van der Waals surface area (Å²) in [6.45, 7) is 4.95. The Balaban J connectivity index is 2.01. The molecule has 0 saturated heterocycles.